The van der Waals surface area contributed by atoms with Gasteiger partial charge in [-0.15, -0.1) is 0 Å². The molecular formula is C15H21NO2. The predicted molar refractivity (Wildman–Crippen MR) is 70.0 cm³/mol. The van der Waals surface area contributed by atoms with E-state index in [0.29, 0.717) is 11.8 Å². The Labute approximate surface area is 108 Å². The van der Waals surface area contributed by atoms with Crippen molar-refractivity contribution in [2.75, 3.05) is 13.1 Å². The van der Waals surface area contributed by atoms with E-state index in [1.165, 1.54) is 5.57 Å². The van der Waals surface area contributed by atoms with Crippen LogP contribution < -0.4 is 5.32 Å². The Morgan fingerprint density at radius 1 is 1.22 bits per heavy atom. The highest BCUT2D eigenvalue weighted by atomic mass is 16.6. The molecule has 3 nitrogen and oxygen atoms in total. The molecule has 18 heavy (non-hydrogen) atoms. The molecular weight excluding hydrogens is 226 g/mol. The highest BCUT2D eigenvalue weighted by Crippen LogP contribution is 2.42. The standard InChI is InChI=1S/C15H21NO2/c1-10-7-12-9-15(3-5-16-6-4-15)18-14(17)13(12)8-11(10)2/h7-8,10-11,16H,3-6,9H2,1-2H3. The average molecular weight is 247 g/mol. The topological polar surface area (TPSA) is 38.3 Å². The molecule has 1 spiro atoms. The number of hydrogen-bond donors (Lipinski definition) is 1. The van der Waals surface area contributed by atoms with Crippen LogP contribution in [0.5, 0.6) is 0 Å². The minimum absolute atomic E-state index is 0.104. The first-order valence-electron chi connectivity index (χ1n) is 6.97. The van der Waals surface area contributed by atoms with Gasteiger partial charge in [-0.1, -0.05) is 26.0 Å². The zero-order valence-corrected chi connectivity index (χ0v) is 11.2. The molecule has 2 fully saturated rings. The monoisotopic (exact) mass is 247 g/mol. The fourth-order valence-electron chi connectivity index (χ4n) is 3.23. The van der Waals surface area contributed by atoms with E-state index in [1.807, 2.05) is 0 Å². The maximum atomic E-state index is 12.2. The normalized spacial score (nSPS) is 34.4. The van der Waals surface area contributed by atoms with E-state index in [0.717, 1.165) is 37.9 Å². The van der Waals surface area contributed by atoms with Gasteiger partial charge in [0.1, 0.15) is 5.60 Å². The Kier molecular flexibility index (Phi) is 2.81. The number of nitrogens with one attached hydrogen (secondary N) is 1. The molecule has 0 aromatic heterocycles. The maximum absolute atomic E-state index is 12.2. The zero-order chi connectivity index (χ0) is 12.8. The molecule has 2 heterocycles. The second kappa shape index (κ2) is 4.23. The third-order valence-corrected chi connectivity index (χ3v) is 4.63. The summed E-state index contributed by atoms with van der Waals surface area (Å²) in [6.07, 6.45) is 7.16. The summed E-state index contributed by atoms with van der Waals surface area (Å²) in [5.41, 5.74) is 1.81. The van der Waals surface area contributed by atoms with Crippen molar-refractivity contribution >= 4 is 5.97 Å². The van der Waals surface area contributed by atoms with E-state index in [-0.39, 0.29) is 11.6 Å². The van der Waals surface area contributed by atoms with Gasteiger partial charge in [0.05, 0.1) is 5.57 Å². The number of piperidine rings is 1. The van der Waals surface area contributed by atoms with Crippen LogP contribution in [-0.2, 0) is 9.53 Å². The smallest absolute Gasteiger partial charge is 0.338 e. The molecule has 2 saturated heterocycles. The molecule has 98 valence electrons. The number of allylic oxidation sites excluding steroid dienone is 2. The lowest BCUT2D eigenvalue weighted by Crippen LogP contribution is -2.48. The van der Waals surface area contributed by atoms with Crippen molar-refractivity contribution in [2.24, 2.45) is 11.8 Å². The third-order valence-electron chi connectivity index (χ3n) is 4.63. The average Bonchev–Trinajstić information content (AvgIpc) is 2.33. The molecule has 1 N–H and O–H groups in total. The summed E-state index contributed by atoms with van der Waals surface area (Å²) in [5.74, 6) is 0.847. The molecule has 2 atom stereocenters. The van der Waals surface area contributed by atoms with Crippen molar-refractivity contribution in [3.05, 3.63) is 23.3 Å². The maximum Gasteiger partial charge on any atom is 0.338 e. The van der Waals surface area contributed by atoms with Gasteiger partial charge in [0, 0.05) is 19.3 Å². The van der Waals surface area contributed by atoms with Crippen LogP contribution in [0.15, 0.2) is 23.3 Å². The van der Waals surface area contributed by atoms with Crippen LogP contribution in [0.1, 0.15) is 33.1 Å². The molecule has 0 saturated carbocycles. The molecule has 0 radical (unpaired) electrons. The zero-order valence-electron chi connectivity index (χ0n) is 11.2. The largest absolute Gasteiger partial charge is 0.455 e. The van der Waals surface area contributed by atoms with Gasteiger partial charge in [-0.25, -0.2) is 4.79 Å². The van der Waals surface area contributed by atoms with Crippen LogP contribution >= 0.6 is 0 Å². The Hall–Kier alpha value is -1.09. The van der Waals surface area contributed by atoms with Crippen molar-refractivity contribution in [2.45, 2.75) is 38.7 Å². The molecule has 3 heteroatoms. The van der Waals surface area contributed by atoms with Gasteiger partial charge < -0.3 is 10.1 Å². The van der Waals surface area contributed by atoms with Gasteiger partial charge in [0.2, 0.25) is 0 Å². The summed E-state index contributed by atoms with van der Waals surface area (Å²) < 4.78 is 5.78. The van der Waals surface area contributed by atoms with Crippen LogP contribution in [0.2, 0.25) is 0 Å². The van der Waals surface area contributed by atoms with E-state index in [4.69, 9.17) is 4.74 Å². The summed E-state index contributed by atoms with van der Waals surface area (Å²) in [6.45, 7) is 6.28. The predicted octanol–water partition coefficient (Wildman–Crippen LogP) is 2.19. The quantitative estimate of drug-likeness (QED) is 0.667. The van der Waals surface area contributed by atoms with E-state index in [1.54, 1.807) is 0 Å². The number of carbonyl (C=O) groups excluding carboxylic acids is 1. The van der Waals surface area contributed by atoms with Crippen molar-refractivity contribution in [3.63, 3.8) is 0 Å². The van der Waals surface area contributed by atoms with Crippen molar-refractivity contribution in [1.29, 1.82) is 0 Å². The van der Waals surface area contributed by atoms with Gasteiger partial charge in [-0.3, -0.25) is 0 Å². The first kappa shape index (κ1) is 12.0. The number of carbonyl (C=O) groups is 1. The minimum atomic E-state index is -0.230. The third kappa shape index (κ3) is 1.91. The number of hydrogen-bond acceptors (Lipinski definition) is 3. The Morgan fingerprint density at radius 2 is 1.89 bits per heavy atom. The van der Waals surface area contributed by atoms with Gasteiger partial charge in [-0.05, 0) is 30.5 Å². The lowest BCUT2D eigenvalue weighted by molar-refractivity contribution is -0.160. The highest BCUT2D eigenvalue weighted by Gasteiger charge is 2.43. The van der Waals surface area contributed by atoms with Gasteiger partial charge in [-0.2, -0.15) is 0 Å². The van der Waals surface area contributed by atoms with Gasteiger partial charge in [0.25, 0.3) is 0 Å². The van der Waals surface area contributed by atoms with Crippen LogP contribution in [0, 0.1) is 11.8 Å². The molecule has 3 aliphatic rings. The minimum Gasteiger partial charge on any atom is -0.455 e. The summed E-state index contributed by atoms with van der Waals surface area (Å²) >= 11 is 0. The van der Waals surface area contributed by atoms with E-state index >= 15 is 0 Å². The lowest BCUT2D eigenvalue weighted by Gasteiger charge is -2.43. The summed E-state index contributed by atoms with van der Waals surface area (Å²) in [7, 11) is 0. The number of ether oxygens (including phenoxy) is 1. The van der Waals surface area contributed by atoms with Gasteiger partial charge in [0.15, 0.2) is 0 Å². The highest BCUT2D eigenvalue weighted by molar-refractivity contribution is 5.95. The first-order chi connectivity index (χ1) is 8.60. The lowest BCUT2D eigenvalue weighted by atomic mass is 9.75. The molecule has 2 aliphatic heterocycles. The molecule has 0 bridgehead atoms. The molecule has 0 aromatic carbocycles. The molecule has 1 aliphatic carbocycles. The van der Waals surface area contributed by atoms with Crippen LogP contribution in [-0.4, -0.2) is 24.7 Å². The Balaban J connectivity index is 1.90. The Morgan fingerprint density at radius 3 is 2.61 bits per heavy atom. The van der Waals surface area contributed by atoms with E-state index < -0.39 is 0 Å². The second-order valence-electron chi connectivity index (χ2n) is 5.99. The number of fused-ring (bicyclic) bond motifs is 1. The molecule has 0 aromatic rings. The first-order valence-corrected chi connectivity index (χ1v) is 6.97. The number of esters is 1. The molecule has 2 unspecified atom stereocenters. The van der Waals surface area contributed by atoms with Crippen molar-refractivity contribution < 1.29 is 9.53 Å². The fraction of sp³-hybridized carbons (Fsp3) is 0.667. The SMILES string of the molecule is CC1C=C2CC3(CCNCC3)OC(=O)C2=CC1C. The van der Waals surface area contributed by atoms with E-state index in [2.05, 4.69) is 31.3 Å². The molecule has 3 rings (SSSR count). The van der Waals surface area contributed by atoms with Gasteiger partial charge >= 0.3 is 5.97 Å². The number of rotatable bonds is 0. The van der Waals surface area contributed by atoms with E-state index in [9.17, 15) is 4.79 Å². The summed E-state index contributed by atoms with van der Waals surface area (Å²) in [6, 6.07) is 0. The Bertz CT molecular complexity index is 430. The molecule has 0 amide bonds. The second-order valence-corrected chi connectivity index (χ2v) is 5.99. The summed E-state index contributed by atoms with van der Waals surface area (Å²) in [5, 5.41) is 3.33. The van der Waals surface area contributed by atoms with Crippen LogP contribution in [0.3, 0.4) is 0 Å². The van der Waals surface area contributed by atoms with Crippen LogP contribution in [0.4, 0.5) is 0 Å². The summed E-state index contributed by atoms with van der Waals surface area (Å²) in [4.78, 5) is 12.2. The van der Waals surface area contributed by atoms with Crippen molar-refractivity contribution in [3.8, 4) is 0 Å². The van der Waals surface area contributed by atoms with Crippen molar-refractivity contribution in [1.82, 2.24) is 5.32 Å². The fourth-order valence-corrected chi connectivity index (χ4v) is 3.23. The van der Waals surface area contributed by atoms with Crippen LogP contribution in [0.25, 0.3) is 0 Å².